The molecule has 0 radical (unpaired) electrons. The van der Waals surface area contributed by atoms with Gasteiger partial charge in [-0.2, -0.15) is 5.10 Å². The molecule has 0 atom stereocenters. The molecule has 0 saturated heterocycles. The molecule has 116 valence electrons. The lowest BCUT2D eigenvalue weighted by molar-refractivity contribution is 0.0844. The predicted octanol–water partition coefficient (Wildman–Crippen LogP) is 2.09. The topological polar surface area (TPSA) is 42.3 Å². The van der Waals surface area contributed by atoms with Crippen molar-refractivity contribution in [2.24, 2.45) is 7.05 Å². The minimum absolute atomic E-state index is 0.280. The monoisotopic (exact) mass is 282 g/mol. The molecule has 20 heavy (non-hydrogen) atoms. The molecular weight excluding hydrogens is 252 g/mol. The van der Waals surface area contributed by atoms with Crippen LogP contribution < -0.4 is 10.2 Å². The van der Waals surface area contributed by atoms with Crippen molar-refractivity contribution in [1.29, 1.82) is 0 Å². The van der Waals surface area contributed by atoms with Gasteiger partial charge in [-0.3, -0.25) is 4.68 Å². The van der Waals surface area contributed by atoms with Crippen LogP contribution in [0.2, 0.25) is 0 Å². The summed E-state index contributed by atoms with van der Waals surface area (Å²) in [6.45, 7) is 11.9. The number of likely N-dealkylation sites (N-methyl/N-ethyl adjacent to an activating group) is 1. The van der Waals surface area contributed by atoms with E-state index >= 15 is 0 Å². The fourth-order valence-corrected chi connectivity index (χ4v) is 2.30. The van der Waals surface area contributed by atoms with Gasteiger partial charge in [0.1, 0.15) is 5.82 Å². The maximum absolute atomic E-state index is 5.63. The fraction of sp³-hybridized carbons (Fsp3) is 0.800. The normalized spacial score (nSPS) is 11.3. The molecule has 0 fully saturated rings. The van der Waals surface area contributed by atoms with Crippen molar-refractivity contribution >= 4 is 5.82 Å². The average molecular weight is 282 g/mol. The molecule has 0 aliphatic carbocycles. The smallest absolute Gasteiger partial charge is 0.131 e. The van der Waals surface area contributed by atoms with Gasteiger partial charge in [0, 0.05) is 32.7 Å². The molecule has 0 aliphatic heterocycles. The molecule has 5 nitrogen and oxygen atoms in total. The highest BCUT2D eigenvalue weighted by Crippen LogP contribution is 2.22. The number of nitrogens with one attached hydrogen (secondary N) is 1. The fourth-order valence-electron chi connectivity index (χ4n) is 2.30. The van der Waals surface area contributed by atoms with Crippen LogP contribution >= 0.6 is 0 Å². The van der Waals surface area contributed by atoms with Crippen molar-refractivity contribution in [2.45, 2.75) is 46.8 Å². The molecule has 0 spiro atoms. The molecule has 0 unspecified atom stereocenters. The number of rotatable bonds is 9. The SMILES string of the molecule is CCCNCc1c(C)nn(C)c1N(C)CCOC(C)C. The predicted molar refractivity (Wildman–Crippen MR) is 84.3 cm³/mol. The second-order valence-electron chi connectivity index (χ2n) is 5.53. The Balaban J connectivity index is 2.71. The van der Waals surface area contributed by atoms with E-state index in [1.807, 2.05) is 11.7 Å². The second kappa shape index (κ2) is 8.27. The number of ether oxygens (including phenoxy) is 1. The lowest BCUT2D eigenvalue weighted by Crippen LogP contribution is -2.27. The highest BCUT2D eigenvalue weighted by atomic mass is 16.5. The van der Waals surface area contributed by atoms with Crippen LogP contribution in [0.1, 0.15) is 38.4 Å². The first-order chi connectivity index (χ1) is 9.47. The van der Waals surface area contributed by atoms with Crippen LogP contribution in [0.15, 0.2) is 0 Å². The Kier molecular flexibility index (Phi) is 7.02. The maximum Gasteiger partial charge on any atom is 0.131 e. The first-order valence-electron chi connectivity index (χ1n) is 7.53. The van der Waals surface area contributed by atoms with Crippen LogP contribution in [0.4, 0.5) is 5.82 Å². The summed E-state index contributed by atoms with van der Waals surface area (Å²) in [5, 5.41) is 8.01. The van der Waals surface area contributed by atoms with E-state index in [2.05, 4.69) is 50.1 Å². The van der Waals surface area contributed by atoms with Gasteiger partial charge in [-0.1, -0.05) is 6.92 Å². The zero-order valence-electron chi connectivity index (χ0n) is 13.9. The van der Waals surface area contributed by atoms with Crippen LogP contribution in [0.3, 0.4) is 0 Å². The van der Waals surface area contributed by atoms with E-state index in [9.17, 15) is 0 Å². The van der Waals surface area contributed by atoms with Gasteiger partial charge in [-0.05, 0) is 33.7 Å². The molecule has 1 rings (SSSR count). The number of hydrogen-bond acceptors (Lipinski definition) is 4. The van der Waals surface area contributed by atoms with E-state index in [0.717, 1.165) is 38.4 Å². The van der Waals surface area contributed by atoms with E-state index in [-0.39, 0.29) is 6.10 Å². The first-order valence-corrected chi connectivity index (χ1v) is 7.53. The Morgan fingerprint density at radius 2 is 2.10 bits per heavy atom. The third-order valence-corrected chi connectivity index (χ3v) is 3.28. The number of aromatic nitrogens is 2. The molecule has 1 N–H and O–H groups in total. The Labute approximate surface area is 123 Å². The molecule has 0 aromatic carbocycles. The number of hydrogen-bond donors (Lipinski definition) is 1. The lowest BCUT2D eigenvalue weighted by atomic mass is 10.2. The minimum Gasteiger partial charge on any atom is -0.377 e. The number of anilines is 1. The van der Waals surface area contributed by atoms with Gasteiger partial charge in [0.2, 0.25) is 0 Å². The van der Waals surface area contributed by atoms with Crippen LogP contribution in [0.5, 0.6) is 0 Å². The molecule has 0 bridgehead atoms. The van der Waals surface area contributed by atoms with Crippen molar-refractivity contribution in [2.75, 3.05) is 31.6 Å². The van der Waals surface area contributed by atoms with Crippen LogP contribution in [-0.2, 0) is 18.3 Å². The van der Waals surface area contributed by atoms with Crippen molar-refractivity contribution < 1.29 is 4.74 Å². The van der Waals surface area contributed by atoms with Gasteiger partial charge in [0.25, 0.3) is 0 Å². The molecule has 1 aromatic rings. The summed E-state index contributed by atoms with van der Waals surface area (Å²) in [4.78, 5) is 2.23. The van der Waals surface area contributed by atoms with Gasteiger partial charge < -0.3 is 15.0 Å². The lowest BCUT2D eigenvalue weighted by Gasteiger charge is -2.22. The third-order valence-electron chi connectivity index (χ3n) is 3.28. The van der Waals surface area contributed by atoms with E-state index in [1.165, 1.54) is 11.4 Å². The van der Waals surface area contributed by atoms with Gasteiger partial charge in [-0.15, -0.1) is 0 Å². The molecule has 0 aliphatic rings. The molecule has 1 heterocycles. The molecule has 5 heteroatoms. The van der Waals surface area contributed by atoms with Gasteiger partial charge in [-0.25, -0.2) is 0 Å². The molecular formula is C15H30N4O. The number of nitrogens with zero attached hydrogens (tertiary/aromatic N) is 3. The Bertz CT molecular complexity index is 401. The maximum atomic E-state index is 5.63. The zero-order chi connectivity index (χ0) is 15.1. The Morgan fingerprint density at radius 3 is 2.70 bits per heavy atom. The van der Waals surface area contributed by atoms with Crippen molar-refractivity contribution in [3.05, 3.63) is 11.3 Å². The summed E-state index contributed by atoms with van der Waals surface area (Å²) in [5.74, 6) is 1.18. The van der Waals surface area contributed by atoms with Crippen molar-refractivity contribution in [3.63, 3.8) is 0 Å². The summed E-state index contributed by atoms with van der Waals surface area (Å²) < 4.78 is 7.60. The Hall–Kier alpha value is -1.07. The van der Waals surface area contributed by atoms with E-state index in [1.54, 1.807) is 0 Å². The minimum atomic E-state index is 0.280. The quantitative estimate of drug-likeness (QED) is 0.704. The summed E-state index contributed by atoms with van der Waals surface area (Å²) in [6, 6.07) is 0. The second-order valence-corrected chi connectivity index (χ2v) is 5.53. The standard InChI is InChI=1S/C15H30N4O/c1-7-8-16-11-14-13(4)17-19(6)15(14)18(5)9-10-20-12(2)3/h12,16H,7-11H2,1-6H3. The average Bonchev–Trinajstić information content (AvgIpc) is 2.64. The molecule has 0 amide bonds. The molecule has 0 saturated carbocycles. The van der Waals surface area contributed by atoms with Gasteiger partial charge in [0.15, 0.2) is 0 Å². The summed E-state index contributed by atoms with van der Waals surface area (Å²) >= 11 is 0. The van der Waals surface area contributed by atoms with Gasteiger partial charge >= 0.3 is 0 Å². The summed E-state index contributed by atoms with van der Waals surface area (Å²) in [5.41, 5.74) is 2.38. The zero-order valence-corrected chi connectivity index (χ0v) is 13.9. The first kappa shape index (κ1) is 17.0. The summed E-state index contributed by atoms with van der Waals surface area (Å²) in [7, 11) is 4.11. The highest BCUT2D eigenvalue weighted by Gasteiger charge is 2.16. The van der Waals surface area contributed by atoms with Crippen LogP contribution in [-0.4, -0.2) is 42.6 Å². The summed E-state index contributed by atoms with van der Waals surface area (Å²) in [6.07, 6.45) is 1.43. The van der Waals surface area contributed by atoms with Crippen LogP contribution in [0.25, 0.3) is 0 Å². The van der Waals surface area contributed by atoms with Crippen molar-refractivity contribution in [1.82, 2.24) is 15.1 Å². The van der Waals surface area contributed by atoms with Crippen LogP contribution in [0, 0.1) is 6.92 Å². The number of aryl methyl sites for hydroxylation is 2. The molecule has 1 aromatic heterocycles. The van der Waals surface area contributed by atoms with E-state index in [0.29, 0.717) is 0 Å². The van der Waals surface area contributed by atoms with E-state index in [4.69, 9.17) is 4.74 Å². The van der Waals surface area contributed by atoms with E-state index < -0.39 is 0 Å². The Morgan fingerprint density at radius 1 is 1.40 bits per heavy atom. The third kappa shape index (κ3) is 4.80. The van der Waals surface area contributed by atoms with Gasteiger partial charge in [0.05, 0.1) is 18.4 Å². The largest absolute Gasteiger partial charge is 0.377 e. The highest BCUT2D eigenvalue weighted by molar-refractivity contribution is 5.49. The van der Waals surface area contributed by atoms with Crippen molar-refractivity contribution in [3.8, 4) is 0 Å².